The minimum Gasteiger partial charge on any atom is -0.463 e. The molecule has 0 atom stereocenters. The molecule has 0 saturated carbocycles. The Morgan fingerprint density at radius 1 is 1.24 bits per heavy atom. The molecule has 3 aromatic rings. The zero-order valence-electron chi connectivity index (χ0n) is 12.6. The number of thiocarbonyl (C=S) groups is 1. The van der Waals surface area contributed by atoms with E-state index >= 15 is 0 Å². The van der Waals surface area contributed by atoms with Crippen LogP contribution in [-0.2, 0) is 0 Å². The number of hydrogen-bond acceptors (Lipinski definition) is 4. The molecular weight excluding hydrogens is 365 g/mol. The van der Waals surface area contributed by atoms with E-state index in [1.807, 2.05) is 0 Å². The van der Waals surface area contributed by atoms with Crippen LogP contribution in [0.15, 0.2) is 63.0 Å². The van der Waals surface area contributed by atoms with Crippen LogP contribution in [0.4, 0.5) is 10.1 Å². The molecule has 0 fully saturated rings. The SMILES string of the molecule is O=c1c(/C=N/NC(=S)Nc2ccc(F)cc2)coc2ccc(Cl)cc12. The summed E-state index contributed by atoms with van der Waals surface area (Å²) in [6.45, 7) is 0. The highest BCUT2D eigenvalue weighted by molar-refractivity contribution is 7.80. The molecule has 25 heavy (non-hydrogen) atoms. The monoisotopic (exact) mass is 375 g/mol. The molecular formula is C17H11ClFN3O2S. The van der Waals surface area contributed by atoms with Gasteiger partial charge in [0.15, 0.2) is 5.11 Å². The van der Waals surface area contributed by atoms with Crippen molar-refractivity contribution in [2.24, 2.45) is 5.10 Å². The molecule has 0 aliphatic heterocycles. The van der Waals surface area contributed by atoms with Gasteiger partial charge in [0.1, 0.15) is 17.7 Å². The molecule has 0 aliphatic carbocycles. The van der Waals surface area contributed by atoms with Crippen LogP contribution in [0.5, 0.6) is 0 Å². The van der Waals surface area contributed by atoms with Gasteiger partial charge in [-0.3, -0.25) is 10.2 Å². The Balaban J connectivity index is 1.70. The van der Waals surface area contributed by atoms with Crippen molar-refractivity contribution in [3.63, 3.8) is 0 Å². The lowest BCUT2D eigenvalue weighted by molar-refractivity contribution is 0.601. The quantitative estimate of drug-likeness (QED) is 0.413. The summed E-state index contributed by atoms with van der Waals surface area (Å²) in [7, 11) is 0. The van der Waals surface area contributed by atoms with Crippen LogP contribution in [0.25, 0.3) is 11.0 Å². The third-order valence-corrected chi connectivity index (χ3v) is 3.66. The fourth-order valence-corrected chi connectivity index (χ4v) is 2.40. The van der Waals surface area contributed by atoms with E-state index in [0.717, 1.165) is 0 Å². The Bertz CT molecular complexity index is 1020. The lowest BCUT2D eigenvalue weighted by Gasteiger charge is -2.06. The molecule has 0 unspecified atom stereocenters. The number of nitrogens with zero attached hydrogens (tertiary/aromatic N) is 1. The van der Waals surface area contributed by atoms with Crippen molar-refractivity contribution in [3.8, 4) is 0 Å². The molecule has 0 amide bonds. The van der Waals surface area contributed by atoms with Gasteiger partial charge in [-0.1, -0.05) is 11.6 Å². The Labute approximate surface area is 152 Å². The maximum atomic E-state index is 12.8. The molecule has 1 aromatic heterocycles. The average molecular weight is 376 g/mol. The summed E-state index contributed by atoms with van der Waals surface area (Å²) >= 11 is 11.0. The summed E-state index contributed by atoms with van der Waals surface area (Å²) in [4.78, 5) is 12.4. The van der Waals surface area contributed by atoms with Crippen LogP contribution in [-0.4, -0.2) is 11.3 Å². The number of halogens is 2. The molecule has 2 aromatic carbocycles. The van der Waals surface area contributed by atoms with Crippen LogP contribution in [0.1, 0.15) is 5.56 Å². The second-order valence-corrected chi connectivity index (χ2v) is 5.84. The topological polar surface area (TPSA) is 66.6 Å². The van der Waals surface area contributed by atoms with Gasteiger partial charge in [0.25, 0.3) is 0 Å². The normalized spacial score (nSPS) is 11.0. The minimum absolute atomic E-state index is 0.191. The summed E-state index contributed by atoms with van der Waals surface area (Å²) in [6, 6.07) is 10.5. The number of hydrogen-bond donors (Lipinski definition) is 2. The zero-order valence-corrected chi connectivity index (χ0v) is 14.2. The van der Waals surface area contributed by atoms with Gasteiger partial charge >= 0.3 is 0 Å². The molecule has 0 saturated heterocycles. The highest BCUT2D eigenvalue weighted by Crippen LogP contribution is 2.16. The molecule has 5 nitrogen and oxygen atoms in total. The summed E-state index contributed by atoms with van der Waals surface area (Å²) in [5.41, 5.74) is 3.60. The molecule has 8 heteroatoms. The smallest absolute Gasteiger partial charge is 0.201 e. The maximum absolute atomic E-state index is 12.8. The Morgan fingerprint density at radius 2 is 2.00 bits per heavy atom. The highest BCUT2D eigenvalue weighted by atomic mass is 35.5. The van der Waals surface area contributed by atoms with E-state index in [2.05, 4.69) is 15.8 Å². The van der Waals surface area contributed by atoms with Crippen molar-refractivity contribution in [3.05, 3.63) is 75.4 Å². The summed E-state index contributed by atoms with van der Waals surface area (Å²) in [6.07, 6.45) is 2.60. The number of fused-ring (bicyclic) bond motifs is 1. The summed E-state index contributed by atoms with van der Waals surface area (Å²) in [5, 5.41) is 7.72. The molecule has 0 spiro atoms. The van der Waals surface area contributed by atoms with E-state index in [1.165, 1.54) is 42.8 Å². The fraction of sp³-hybridized carbons (Fsp3) is 0. The van der Waals surface area contributed by atoms with Gasteiger partial charge in [-0.25, -0.2) is 4.39 Å². The van der Waals surface area contributed by atoms with Crippen molar-refractivity contribution in [2.45, 2.75) is 0 Å². The predicted octanol–water partition coefficient (Wildman–Crippen LogP) is 3.91. The van der Waals surface area contributed by atoms with E-state index in [0.29, 0.717) is 21.7 Å². The van der Waals surface area contributed by atoms with Gasteiger partial charge in [-0.15, -0.1) is 0 Å². The molecule has 3 rings (SSSR count). The lowest BCUT2D eigenvalue weighted by Crippen LogP contribution is -2.24. The molecule has 0 aliphatic rings. The van der Waals surface area contributed by atoms with E-state index in [1.54, 1.807) is 12.1 Å². The molecule has 0 radical (unpaired) electrons. The van der Waals surface area contributed by atoms with Gasteiger partial charge in [0, 0.05) is 10.7 Å². The highest BCUT2D eigenvalue weighted by Gasteiger charge is 2.06. The van der Waals surface area contributed by atoms with E-state index < -0.39 is 0 Å². The summed E-state index contributed by atoms with van der Waals surface area (Å²) < 4.78 is 18.2. The Kier molecular flexibility index (Phi) is 5.06. The van der Waals surface area contributed by atoms with Gasteiger partial charge in [0.2, 0.25) is 5.43 Å². The van der Waals surface area contributed by atoms with Crippen molar-refractivity contribution in [2.75, 3.05) is 5.32 Å². The number of benzene rings is 2. The average Bonchev–Trinajstić information content (AvgIpc) is 2.59. The maximum Gasteiger partial charge on any atom is 0.201 e. The largest absolute Gasteiger partial charge is 0.463 e. The standard InChI is InChI=1S/C17H11ClFN3O2S/c18-11-1-6-15-14(7-11)16(23)10(9-24-15)8-20-22-17(25)21-13-4-2-12(19)3-5-13/h1-9H,(H2,21,22,25)/b20-8+. The van der Waals surface area contributed by atoms with Crippen LogP contribution in [0.3, 0.4) is 0 Å². The summed E-state index contributed by atoms with van der Waals surface area (Å²) in [5.74, 6) is -0.342. The second-order valence-electron chi connectivity index (χ2n) is 4.99. The van der Waals surface area contributed by atoms with Crippen LogP contribution < -0.4 is 16.2 Å². The third-order valence-electron chi connectivity index (χ3n) is 3.23. The Hall–Kier alpha value is -2.77. The lowest BCUT2D eigenvalue weighted by atomic mass is 10.2. The second kappa shape index (κ2) is 7.42. The molecule has 126 valence electrons. The predicted molar refractivity (Wildman–Crippen MR) is 101 cm³/mol. The zero-order chi connectivity index (χ0) is 17.8. The van der Waals surface area contributed by atoms with E-state index in [-0.39, 0.29) is 21.9 Å². The van der Waals surface area contributed by atoms with Gasteiger partial charge in [0.05, 0.1) is 17.2 Å². The van der Waals surface area contributed by atoms with E-state index in [4.69, 9.17) is 28.2 Å². The van der Waals surface area contributed by atoms with Gasteiger partial charge < -0.3 is 9.73 Å². The van der Waals surface area contributed by atoms with Gasteiger partial charge in [-0.2, -0.15) is 5.10 Å². The first kappa shape index (κ1) is 17.1. The van der Waals surface area contributed by atoms with Crippen molar-refractivity contribution < 1.29 is 8.81 Å². The first-order valence-electron chi connectivity index (χ1n) is 7.09. The van der Waals surface area contributed by atoms with E-state index in [9.17, 15) is 9.18 Å². The van der Waals surface area contributed by atoms with Crippen LogP contribution in [0, 0.1) is 5.82 Å². The van der Waals surface area contributed by atoms with Crippen molar-refractivity contribution >= 4 is 51.8 Å². The van der Waals surface area contributed by atoms with Crippen molar-refractivity contribution in [1.82, 2.24) is 5.43 Å². The van der Waals surface area contributed by atoms with Crippen LogP contribution >= 0.6 is 23.8 Å². The van der Waals surface area contributed by atoms with Gasteiger partial charge in [-0.05, 0) is 54.7 Å². The number of hydrazone groups is 1. The first-order valence-corrected chi connectivity index (χ1v) is 7.88. The number of anilines is 1. The fourth-order valence-electron chi connectivity index (χ4n) is 2.06. The number of rotatable bonds is 3. The molecule has 0 bridgehead atoms. The number of nitrogens with one attached hydrogen (secondary N) is 2. The molecule has 2 N–H and O–H groups in total. The Morgan fingerprint density at radius 3 is 2.76 bits per heavy atom. The molecule has 1 heterocycles. The minimum atomic E-state index is -0.342. The van der Waals surface area contributed by atoms with Crippen LogP contribution in [0.2, 0.25) is 5.02 Å². The van der Waals surface area contributed by atoms with Crippen molar-refractivity contribution in [1.29, 1.82) is 0 Å². The third kappa shape index (κ3) is 4.20. The first-order chi connectivity index (χ1) is 12.0.